The summed E-state index contributed by atoms with van der Waals surface area (Å²) in [5, 5.41) is 12.8. The van der Waals surface area contributed by atoms with E-state index < -0.39 is 10.0 Å². The first-order valence-corrected chi connectivity index (χ1v) is 10.9. The highest BCUT2D eigenvalue weighted by Gasteiger charge is 2.26. The normalized spacial score (nSPS) is 17.8. The van der Waals surface area contributed by atoms with Gasteiger partial charge in [-0.2, -0.15) is 5.10 Å². The summed E-state index contributed by atoms with van der Waals surface area (Å²) in [5.74, 6) is 1.30. The summed E-state index contributed by atoms with van der Waals surface area (Å²) < 4.78 is 24.8. The van der Waals surface area contributed by atoms with Gasteiger partial charge in [-0.1, -0.05) is 0 Å². The maximum Gasteiger partial charge on any atom is 0.247 e. The van der Waals surface area contributed by atoms with E-state index in [0.717, 1.165) is 36.9 Å². The van der Waals surface area contributed by atoms with Crippen LogP contribution in [0, 0.1) is 0 Å². The van der Waals surface area contributed by atoms with Crippen LogP contribution >= 0.6 is 35.3 Å². The van der Waals surface area contributed by atoms with Crippen molar-refractivity contribution < 1.29 is 8.42 Å². The van der Waals surface area contributed by atoms with Crippen LogP contribution < -0.4 is 10.5 Å². The van der Waals surface area contributed by atoms with Gasteiger partial charge in [-0.3, -0.25) is 4.68 Å². The fourth-order valence-electron chi connectivity index (χ4n) is 3.05. The second kappa shape index (κ2) is 9.34. The molecule has 2 aromatic heterocycles. The predicted octanol–water partition coefficient (Wildman–Crippen LogP) is 1.70. The van der Waals surface area contributed by atoms with Crippen molar-refractivity contribution in [3.63, 3.8) is 0 Å². The minimum atomic E-state index is -3.65. The number of rotatable bonds is 5. The molecule has 27 heavy (non-hydrogen) atoms. The number of aliphatic imine (C=N–C) groups is 1. The van der Waals surface area contributed by atoms with E-state index in [-0.39, 0.29) is 28.2 Å². The topological polar surface area (TPSA) is 106 Å². The lowest BCUT2D eigenvalue weighted by Crippen LogP contribution is -2.39. The summed E-state index contributed by atoms with van der Waals surface area (Å²) in [4.78, 5) is 7.79. The van der Waals surface area contributed by atoms with Crippen molar-refractivity contribution >= 4 is 51.3 Å². The van der Waals surface area contributed by atoms with Crippen LogP contribution in [0.3, 0.4) is 0 Å². The molecular formula is C16H25IN6O2S2. The van der Waals surface area contributed by atoms with E-state index in [1.54, 1.807) is 6.07 Å². The van der Waals surface area contributed by atoms with Crippen LogP contribution in [0.1, 0.15) is 29.7 Å². The van der Waals surface area contributed by atoms with Gasteiger partial charge in [0.15, 0.2) is 5.96 Å². The number of sulfonamides is 1. The van der Waals surface area contributed by atoms with Gasteiger partial charge in [0, 0.05) is 43.7 Å². The molecule has 1 fully saturated rings. The molecule has 0 saturated carbocycles. The zero-order valence-corrected chi connectivity index (χ0v) is 19.3. The van der Waals surface area contributed by atoms with E-state index in [2.05, 4.69) is 26.5 Å². The Balaban J connectivity index is 0.00000261. The van der Waals surface area contributed by atoms with Crippen LogP contribution in [0.15, 0.2) is 33.7 Å². The summed E-state index contributed by atoms with van der Waals surface area (Å²) >= 11 is 1.17. The number of hydrogen-bond donors (Lipinski definition) is 2. The number of likely N-dealkylation sites (tertiary alicyclic amines) is 1. The molecule has 8 nitrogen and oxygen atoms in total. The van der Waals surface area contributed by atoms with E-state index in [1.165, 1.54) is 23.0 Å². The summed E-state index contributed by atoms with van der Waals surface area (Å²) in [7, 11) is -1.72. The number of hydrogen-bond acceptors (Lipinski definition) is 5. The van der Waals surface area contributed by atoms with E-state index in [9.17, 15) is 8.42 Å². The third-order valence-corrected chi connectivity index (χ3v) is 6.83. The van der Waals surface area contributed by atoms with Crippen LogP contribution in [0.5, 0.6) is 0 Å². The van der Waals surface area contributed by atoms with Crippen molar-refractivity contribution in [3.8, 4) is 0 Å². The molecule has 0 radical (unpaired) electrons. The minimum Gasteiger partial charge on any atom is -0.357 e. The van der Waals surface area contributed by atoms with Crippen molar-refractivity contribution in [3.05, 3.63) is 35.0 Å². The van der Waals surface area contributed by atoms with Crippen LogP contribution in [-0.4, -0.2) is 48.7 Å². The molecule has 150 valence electrons. The SMILES string of the molecule is CCNC(=NCc1ccc(S(N)(=O)=O)s1)N1CCC(c2cnn(C)c2)C1.I. The fraction of sp³-hybridized carbons (Fsp3) is 0.500. The molecule has 0 amide bonds. The van der Waals surface area contributed by atoms with Crippen molar-refractivity contribution in [2.45, 2.75) is 30.0 Å². The van der Waals surface area contributed by atoms with E-state index in [1.807, 2.05) is 24.9 Å². The van der Waals surface area contributed by atoms with Gasteiger partial charge >= 0.3 is 0 Å². The van der Waals surface area contributed by atoms with Gasteiger partial charge in [0.2, 0.25) is 10.0 Å². The molecule has 3 rings (SSSR count). The lowest BCUT2D eigenvalue weighted by Gasteiger charge is -2.21. The lowest BCUT2D eigenvalue weighted by atomic mass is 10.0. The molecule has 2 aromatic rings. The Kier molecular flexibility index (Phi) is 7.65. The van der Waals surface area contributed by atoms with Crippen LogP contribution in [0.4, 0.5) is 0 Å². The second-order valence-electron chi connectivity index (χ2n) is 6.31. The monoisotopic (exact) mass is 524 g/mol. The maximum atomic E-state index is 11.4. The van der Waals surface area contributed by atoms with Crippen molar-refractivity contribution in [1.29, 1.82) is 0 Å². The molecule has 0 aromatic carbocycles. The number of aromatic nitrogens is 2. The van der Waals surface area contributed by atoms with Crippen LogP contribution in [0.25, 0.3) is 0 Å². The Morgan fingerprint density at radius 2 is 2.26 bits per heavy atom. The minimum absolute atomic E-state index is 0. The highest BCUT2D eigenvalue weighted by Crippen LogP contribution is 2.27. The van der Waals surface area contributed by atoms with E-state index in [4.69, 9.17) is 5.14 Å². The molecule has 0 aliphatic carbocycles. The average Bonchev–Trinajstić information content (AvgIpc) is 3.30. The Labute approximate surface area is 180 Å². The number of nitrogens with zero attached hydrogens (tertiary/aromatic N) is 4. The zero-order valence-electron chi connectivity index (χ0n) is 15.3. The third-order valence-electron chi connectivity index (χ3n) is 4.32. The molecule has 1 unspecified atom stereocenters. The molecule has 1 saturated heterocycles. The summed E-state index contributed by atoms with van der Waals surface area (Å²) in [6.07, 6.45) is 5.06. The van der Waals surface area contributed by atoms with E-state index >= 15 is 0 Å². The Morgan fingerprint density at radius 3 is 2.85 bits per heavy atom. The number of halogens is 1. The molecule has 3 N–H and O–H groups in total. The van der Waals surface area contributed by atoms with Gasteiger partial charge in [-0.05, 0) is 31.0 Å². The Hall–Kier alpha value is -1.18. The smallest absolute Gasteiger partial charge is 0.247 e. The van der Waals surface area contributed by atoms with Gasteiger partial charge in [0.1, 0.15) is 4.21 Å². The van der Waals surface area contributed by atoms with Crippen molar-refractivity contribution in [2.75, 3.05) is 19.6 Å². The van der Waals surface area contributed by atoms with Crippen molar-refractivity contribution in [2.24, 2.45) is 17.2 Å². The lowest BCUT2D eigenvalue weighted by molar-refractivity contribution is 0.486. The zero-order chi connectivity index (χ0) is 18.7. The summed E-state index contributed by atoms with van der Waals surface area (Å²) in [5.41, 5.74) is 1.25. The summed E-state index contributed by atoms with van der Waals surface area (Å²) in [6, 6.07) is 3.30. The van der Waals surface area contributed by atoms with Gasteiger partial charge in [-0.25, -0.2) is 18.5 Å². The molecule has 3 heterocycles. The quantitative estimate of drug-likeness (QED) is 0.352. The van der Waals surface area contributed by atoms with Gasteiger partial charge < -0.3 is 10.2 Å². The first-order valence-electron chi connectivity index (χ1n) is 8.50. The molecule has 1 aliphatic rings. The number of nitrogens with one attached hydrogen (secondary N) is 1. The number of aryl methyl sites for hydroxylation is 1. The Morgan fingerprint density at radius 1 is 1.48 bits per heavy atom. The molecule has 1 aliphatic heterocycles. The Bertz CT molecular complexity index is 892. The fourth-order valence-corrected chi connectivity index (χ4v) is 4.75. The third kappa shape index (κ3) is 5.65. The van der Waals surface area contributed by atoms with Crippen molar-refractivity contribution in [1.82, 2.24) is 20.0 Å². The van der Waals surface area contributed by atoms with Gasteiger partial charge in [0.05, 0.1) is 12.7 Å². The molecule has 0 bridgehead atoms. The standard InChI is InChI=1S/C16H24N6O2S2.HI/c1-3-18-16(19-9-14-4-5-15(25-14)26(17,23)24)22-7-6-12(11-22)13-8-20-21(2)10-13;/h4-5,8,10,12H,3,6-7,9,11H2,1-2H3,(H,18,19)(H2,17,23,24);1H. The molecule has 11 heteroatoms. The molecule has 1 atom stereocenters. The summed E-state index contributed by atoms with van der Waals surface area (Å²) in [6.45, 7) is 5.06. The second-order valence-corrected chi connectivity index (χ2v) is 9.27. The first-order chi connectivity index (χ1) is 12.4. The van der Waals surface area contributed by atoms with Gasteiger partial charge in [0.25, 0.3) is 0 Å². The molecular weight excluding hydrogens is 499 g/mol. The van der Waals surface area contributed by atoms with Gasteiger partial charge in [-0.15, -0.1) is 35.3 Å². The number of thiophene rings is 1. The van der Waals surface area contributed by atoms with Crippen LogP contribution in [0.2, 0.25) is 0 Å². The number of primary sulfonamides is 1. The number of guanidine groups is 1. The highest BCUT2D eigenvalue weighted by atomic mass is 127. The first kappa shape index (κ1) is 22.1. The molecule has 0 spiro atoms. The maximum absolute atomic E-state index is 11.4. The highest BCUT2D eigenvalue weighted by molar-refractivity contribution is 14.0. The van der Waals surface area contributed by atoms with Crippen LogP contribution in [-0.2, 0) is 23.6 Å². The number of nitrogens with two attached hydrogens (primary N) is 1. The largest absolute Gasteiger partial charge is 0.357 e. The average molecular weight is 524 g/mol. The van der Waals surface area contributed by atoms with E-state index in [0.29, 0.717) is 12.5 Å². The predicted molar refractivity (Wildman–Crippen MR) is 118 cm³/mol.